The zero-order valence-electron chi connectivity index (χ0n) is 11.6. The molecule has 0 bridgehead atoms. The summed E-state index contributed by atoms with van der Waals surface area (Å²) in [5.74, 6) is -0.876. The zero-order valence-corrected chi connectivity index (χ0v) is 12.3. The number of carbonyl (C=O) groups excluding carboxylic acids is 1. The van der Waals surface area contributed by atoms with Gasteiger partial charge in [-0.1, -0.05) is 37.9 Å². The quantitative estimate of drug-likeness (QED) is 0.752. The van der Waals surface area contributed by atoms with Gasteiger partial charge in [0.1, 0.15) is 5.82 Å². The second-order valence-electron chi connectivity index (χ2n) is 4.85. The van der Waals surface area contributed by atoms with E-state index in [9.17, 15) is 14.3 Å². The molecule has 112 valence electrons. The number of rotatable bonds is 6. The standard InChI is InChI=1S/C14H20ClFN2O2/c1-3-8(2)13(17)14(20)18-7-12(19)9-4-5-10(15)11(16)6-9/h4-6,8,12-13,19H,3,7,17H2,1-2H3,(H,18,20). The molecule has 0 aliphatic heterocycles. The summed E-state index contributed by atoms with van der Waals surface area (Å²) in [5, 5.41) is 12.4. The lowest BCUT2D eigenvalue weighted by Crippen LogP contribution is -2.45. The van der Waals surface area contributed by atoms with Crippen molar-refractivity contribution in [1.82, 2.24) is 5.32 Å². The Balaban J connectivity index is 2.56. The van der Waals surface area contributed by atoms with Crippen LogP contribution >= 0.6 is 11.6 Å². The summed E-state index contributed by atoms with van der Waals surface area (Å²) in [4.78, 5) is 11.8. The molecule has 4 nitrogen and oxygen atoms in total. The Bertz CT molecular complexity index is 470. The van der Waals surface area contributed by atoms with Crippen molar-refractivity contribution in [3.8, 4) is 0 Å². The molecule has 0 aromatic heterocycles. The second kappa shape index (κ2) is 7.57. The first-order valence-electron chi connectivity index (χ1n) is 6.53. The number of nitrogens with one attached hydrogen (secondary N) is 1. The normalized spacial score (nSPS) is 15.5. The molecule has 0 radical (unpaired) electrons. The average Bonchev–Trinajstić information content (AvgIpc) is 2.45. The van der Waals surface area contributed by atoms with Crippen LogP contribution in [0.15, 0.2) is 18.2 Å². The van der Waals surface area contributed by atoms with Crippen LogP contribution in [-0.4, -0.2) is 23.6 Å². The Morgan fingerprint density at radius 2 is 2.20 bits per heavy atom. The molecule has 0 heterocycles. The Morgan fingerprint density at radius 1 is 1.55 bits per heavy atom. The summed E-state index contributed by atoms with van der Waals surface area (Å²) in [6, 6.07) is 3.40. The third-order valence-corrected chi connectivity index (χ3v) is 3.66. The van der Waals surface area contributed by atoms with Crippen molar-refractivity contribution >= 4 is 17.5 Å². The maximum Gasteiger partial charge on any atom is 0.237 e. The van der Waals surface area contributed by atoms with Crippen molar-refractivity contribution in [2.24, 2.45) is 11.7 Å². The molecule has 0 fully saturated rings. The minimum atomic E-state index is -1.00. The molecule has 1 aromatic carbocycles. The van der Waals surface area contributed by atoms with Crippen LogP contribution in [0.2, 0.25) is 5.02 Å². The number of carbonyl (C=O) groups is 1. The SMILES string of the molecule is CCC(C)C(N)C(=O)NCC(O)c1ccc(Cl)c(F)c1. The van der Waals surface area contributed by atoms with E-state index in [1.165, 1.54) is 12.1 Å². The van der Waals surface area contributed by atoms with E-state index >= 15 is 0 Å². The first kappa shape index (κ1) is 16.9. The van der Waals surface area contributed by atoms with E-state index in [2.05, 4.69) is 5.32 Å². The number of aliphatic hydroxyl groups is 1. The van der Waals surface area contributed by atoms with Crippen LogP contribution in [0.1, 0.15) is 31.9 Å². The average molecular weight is 303 g/mol. The van der Waals surface area contributed by atoms with Gasteiger partial charge in [0, 0.05) is 6.54 Å². The number of aliphatic hydroxyl groups excluding tert-OH is 1. The number of nitrogens with two attached hydrogens (primary N) is 1. The third kappa shape index (κ3) is 4.44. The van der Waals surface area contributed by atoms with E-state index in [-0.39, 0.29) is 23.4 Å². The van der Waals surface area contributed by atoms with Gasteiger partial charge in [-0.05, 0) is 23.6 Å². The minimum absolute atomic E-state index is 0.0104. The summed E-state index contributed by atoms with van der Waals surface area (Å²) < 4.78 is 13.3. The second-order valence-corrected chi connectivity index (χ2v) is 5.25. The first-order chi connectivity index (χ1) is 9.36. The predicted octanol–water partition coefficient (Wildman–Crippen LogP) is 2.00. The highest BCUT2D eigenvalue weighted by Crippen LogP contribution is 2.20. The van der Waals surface area contributed by atoms with Crippen LogP contribution in [0, 0.1) is 11.7 Å². The van der Waals surface area contributed by atoms with Crippen LogP contribution in [-0.2, 0) is 4.79 Å². The van der Waals surface area contributed by atoms with Crippen molar-refractivity contribution in [3.05, 3.63) is 34.6 Å². The Hall–Kier alpha value is -1.17. The molecule has 3 unspecified atom stereocenters. The van der Waals surface area contributed by atoms with Crippen molar-refractivity contribution in [2.75, 3.05) is 6.54 Å². The van der Waals surface area contributed by atoms with Crippen LogP contribution in [0.5, 0.6) is 0 Å². The summed E-state index contributed by atoms with van der Waals surface area (Å²) in [6.45, 7) is 3.81. The summed E-state index contributed by atoms with van der Waals surface area (Å²) in [6.07, 6.45) is -0.214. The highest BCUT2D eigenvalue weighted by molar-refractivity contribution is 6.30. The predicted molar refractivity (Wildman–Crippen MR) is 76.8 cm³/mol. The molecule has 1 amide bonds. The van der Waals surface area contributed by atoms with Gasteiger partial charge in [-0.25, -0.2) is 4.39 Å². The monoisotopic (exact) mass is 302 g/mol. The molecule has 4 N–H and O–H groups in total. The molecule has 0 spiro atoms. The molecule has 0 aliphatic carbocycles. The zero-order chi connectivity index (χ0) is 15.3. The lowest BCUT2D eigenvalue weighted by Gasteiger charge is -2.19. The molecule has 0 saturated heterocycles. The fourth-order valence-electron chi connectivity index (χ4n) is 1.66. The maximum absolute atomic E-state index is 13.3. The molecule has 1 rings (SSSR count). The summed E-state index contributed by atoms with van der Waals surface area (Å²) in [5.41, 5.74) is 6.12. The highest BCUT2D eigenvalue weighted by Gasteiger charge is 2.20. The van der Waals surface area contributed by atoms with Crippen LogP contribution in [0.4, 0.5) is 4.39 Å². The maximum atomic E-state index is 13.3. The van der Waals surface area contributed by atoms with Gasteiger partial charge < -0.3 is 16.2 Å². The van der Waals surface area contributed by atoms with Crippen LogP contribution in [0.3, 0.4) is 0 Å². The van der Waals surface area contributed by atoms with E-state index < -0.39 is 18.0 Å². The van der Waals surface area contributed by atoms with E-state index in [1.807, 2.05) is 13.8 Å². The van der Waals surface area contributed by atoms with E-state index in [1.54, 1.807) is 0 Å². The highest BCUT2D eigenvalue weighted by atomic mass is 35.5. The van der Waals surface area contributed by atoms with E-state index in [0.29, 0.717) is 5.56 Å². The minimum Gasteiger partial charge on any atom is -0.387 e. The van der Waals surface area contributed by atoms with Gasteiger partial charge in [0.25, 0.3) is 0 Å². The van der Waals surface area contributed by atoms with Gasteiger partial charge >= 0.3 is 0 Å². The van der Waals surface area contributed by atoms with Gasteiger partial charge in [0.05, 0.1) is 17.2 Å². The smallest absolute Gasteiger partial charge is 0.237 e. The van der Waals surface area contributed by atoms with Gasteiger partial charge in [-0.15, -0.1) is 0 Å². The fraction of sp³-hybridized carbons (Fsp3) is 0.500. The molecule has 1 aromatic rings. The molecule has 0 saturated carbocycles. The topological polar surface area (TPSA) is 75.4 Å². The van der Waals surface area contributed by atoms with Gasteiger partial charge in [-0.2, -0.15) is 0 Å². The number of benzene rings is 1. The summed E-state index contributed by atoms with van der Waals surface area (Å²) in [7, 11) is 0. The van der Waals surface area contributed by atoms with E-state index in [0.717, 1.165) is 12.5 Å². The lowest BCUT2D eigenvalue weighted by molar-refractivity contribution is -0.123. The van der Waals surface area contributed by atoms with Crippen molar-refractivity contribution < 1.29 is 14.3 Å². The summed E-state index contributed by atoms with van der Waals surface area (Å²) >= 11 is 5.56. The van der Waals surface area contributed by atoms with Gasteiger partial charge in [0.2, 0.25) is 5.91 Å². The Morgan fingerprint density at radius 3 is 2.75 bits per heavy atom. The molecule has 3 atom stereocenters. The number of hydrogen-bond acceptors (Lipinski definition) is 3. The van der Waals surface area contributed by atoms with Crippen molar-refractivity contribution in [1.29, 1.82) is 0 Å². The number of amides is 1. The largest absolute Gasteiger partial charge is 0.387 e. The van der Waals surface area contributed by atoms with E-state index in [4.69, 9.17) is 17.3 Å². The molecule has 6 heteroatoms. The fourth-order valence-corrected chi connectivity index (χ4v) is 1.78. The number of hydrogen-bond donors (Lipinski definition) is 3. The van der Waals surface area contributed by atoms with Gasteiger partial charge in [-0.3, -0.25) is 4.79 Å². The number of halogens is 2. The van der Waals surface area contributed by atoms with Crippen LogP contribution in [0.25, 0.3) is 0 Å². The molecular weight excluding hydrogens is 283 g/mol. The third-order valence-electron chi connectivity index (χ3n) is 3.36. The van der Waals surface area contributed by atoms with Crippen molar-refractivity contribution in [2.45, 2.75) is 32.4 Å². The lowest BCUT2D eigenvalue weighted by atomic mass is 9.99. The Labute approximate surface area is 123 Å². The van der Waals surface area contributed by atoms with Crippen LogP contribution < -0.4 is 11.1 Å². The van der Waals surface area contributed by atoms with Gasteiger partial charge in [0.15, 0.2) is 0 Å². The first-order valence-corrected chi connectivity index (χ1v) is 6.90. The van der Waals surface area contributed by atoms with Crippen molar-refractivity contribution in [3.63, 3.8) is 0 Å². The molecular formula is C14H20ClFN2O2. The molecule has 20 heavy (non-hydrogen) atoms. The molecule has 0 aliphatic rings. The Kier molecular flexibility index (Phi) is 6.39.